The number of halogens is 3. The van der Waals surface area contributed by atoms with E-state index in [0.717, 1.165) is 32.7 Å². The Morgan fingerprint density at radius 2 is 1.61 bits per heavy atom. The first-order valence-electron chi connectivity index (χ1n) is 11.2. The number of ether oxygens (including phenoxy) is 1. The number of furan rings is 2. The summed E-state index contributed by atoms with van der Waals surface area (Å²) in [5.41, 5.74) is 3.63. The van der Waals surface area contributed by atoms with Gasteiger partial charge in [0.25, 0.3) is 5.91 Å². The molecule has 7 heteroatoms. The molecule has 0 unspecified atom stereocenters. The van der Waals surface area contributed by atoms with Gasteiger partial charge in [-0.3, -0.25) is 4.79 Å². The van der Waals surface area contributed by atoms with Gasteiger partial charge in [-0.15, -0.1) is 0 Å². The van der Waals surface area contributed by atoms with Crippen LogP contribution in [0.25, 0.3) is 43.8 Å². The van der Waals surface area contributed by atoms with Gasteiger partial charge >= 0.3 is 0 Å². The second-order valence-electron chi connectivity index (χ2n) is 8.52. The Morgan fingerprint density at radius 1 is 0.889 bits per heavy atom. The molecule has 0 spiro atoms. The molecule has 1 amide bonds. The molecule has 36 heavy (non-hydrogen) atoms. The molecule has 4 aromatic carbocycles. The third-order valence-electron chi connectivity index (χ3n) is 6.44. The van der Waals surface area contributed by atoms with Crippen LogP contribution in [0.15, 0.2) is 77.2 Å². The van der Waals surface area contributed by atoms with Crippen LogP contribution in [0.4, 0.5) is 8.78 Å². The van der Waals surface area contributed by atoms with Crippen molar-refractivity contribution in [1.82, 2.24) is 5.32 Å². The van der Waals surface area contributed by atoms with Gasteiger partial charge in [0.1, 0.15) is 17.0 Å². The first-order valence-corrected chi connectivity index (χ1v) is 11.6. The molecule has 0 atom stereocenters. The molecule has 0 saturated heterocycles. The van der Waals surface area contributed by atoms with E-state index >= 15 is 0 Å². The molecule has 0 aliphatic carbocycles. The Kier molecular flexibility index (Phi) is 5.27. The lowest BCUT2D eigenvalue weighted by Crippen LogP contribution is -2.23. The lowest BCUT2D eigenvalue weighted by atomic mass is 9.97. The molecule has 6 aromatic rings. The molecule has 2 aromatic heterocycles. The average Bonchev–Trinajstić information content (AvgIpc) is 3.45. The van der Waals surface area contributed by atoms with Gasteiger partial charge in [0.05, 0.1) is 7.11 Å². The van der Waals surface area contributed by atoms with Crippen LogP contribution >= 0.6 is 11.6 Å². The van der Waals surface area contributed by atoms with Crippen molar-refractivity contribution >= 4 is 50.2 Å². The van der Waals surface area contributed by atoms with E-state index in [0.29, 0.717) is 16.7 Å². The van der Waals surface area contributed by atoms with Gasteiger partial charge in [-0.05, 0) is 65.7 Å². The zero-order valence-corrected chi connectivity index (χ0v) is 19.7. The van der Waals surface area contributed by atoms with Crippen molar-refractivity contribution in [1.29, 1.82) is 0 Å². The summed E-state index contributed by atoms with van der Waals surface area (Å²) in [7, 11) is 1.37. The largest absolute Gasteiger partial charge is 0.494 e. The molecular formula is C29H18ClF2NO3. The Hall–Kier alpha value is -4.16. The summed E-state index contributed by atoms with van der Waals surface area (Å²) in [5.74, 6) is -1.21. The molecule has 0 fully saturated rings. The second-order valence-corrected chi connectivity index (χ2v) is 8.92. The topological polar surface area (TPSA) is 51.5 Å². The number of nitrogens with one attached hydrogen (secondary N) is 1. The lowest BCUT2D eigenvalue weighted by Gasteiger charge is -2.11. The minimum absolute atomic E-state index is 0.0574. The van der Waals surface area contributed by atoms with Crippen LogP contribution in [-0.4, -0.2) is 13.0 Å². The number of fused-ring (bicyclic) bond motifs is 8. The molecule has 0 saturated carbocycles. The van der Waals surface area contributed by atoms with Gasteiger partial charge < -0.3 is 14.5 Å². The minimum Gasteiger partial charge on any atom is -0.494 e. The van der Waals surface area contributed by atoms with Crippen LogP contribution in [0.2, 0.25) is 5.02 Å². The van der Waals surface area contributed by atoms with E-state index in [4.69, 9.17) is 20.8 Å². The van der Waals surface area contributed by atoms with Gasteiger partial charge in [-0.2, -0.15) is 0 Å². The van der Waals surface area contributed by atoms with Crippen LogP contribution in [-0.2, 0) is 6.54 Å². The highest BCUT2D eigenvalue weighted by atomic mass is 35.5. The van der Waals surface area contributed by atoms with Crippen LogP contribution < -0.4 is 10.1 Å². The van der Waals surface area contributed by atoms with Gasteiger partial charge in [0.2, 0.25) is 0 Å². The number of hydrogen-bond acceptors (Lipinski definition) is 3. The molecular weight excluding hydrogens is 484 g/mol. The van der Waals surface area contributed by atoms with E-state index in [9.17, 15) is 13.6 Å². The predicted molar refractivity (Wildman–Crippen MR) is 137 cm³/mol. The van der Waals surface area contributed by atoms with Gasteiger partial charge in [0.15, 0.2) is 11.6 Å². The van der Waals surface area contributed by atoms with Crippen LogP contribution in [0.1, 0.15) is 15.9 Å². The van der Waals surface area contributed by atoms with Crippen LogP contribution in [0.3, 0.4) is 0 Å². The standard InChI is InChI=1S/C29H18ClF2NO3/c1-35-25-10-9-24(30)23(26(25)32)14-33-29(34)17-6-8-20-22(13-17)28-19-7-5-16(12-21(19)27(20)36-28)15-3-2-4-18(31)11-15/h2-13H,14H2,1H3,(H,33,34). The van der Waals surface area contributed by atoms with Crippen molar-refractivity contribution in [2.45, 2.75) is 6.54 Å². The minimum atomic E-state index is -0.605. The fraction of sp³-hybridized carbons (Fsp3) is 0.0690. The van der Waals surface area contributed by atoms with Gasteiger partial charge in [-0.1, -0.05) is 29.8 Å². The smallest absolute Gasteiger partial charge is 0.251 e. The van der Waals surface area contributed by atoms with Crippen molar-refractivity contribution in [3.8, 4) is 16.9 Å². The SMILES string of the molecule is COc1ccc(Cl)c(CNC(=O)c2ccc3c(c2)c2oc3c3cc(-c4cccc(F)c4)ccc32)c1F. The fourth-order valence-electron chi connectivity index (χ4n) is 4.63. The zero-order chi connectivity index (χ0) is 25.0. The van der Waals surface area contributed by atoms with Crippen molar-refractivity contribution < 1.29 is 22.7 Å². The van der Waals surface area contributed by atoms with E-state index in [1.54, 1.807) is 18.2 Å². The summed E-state index contributed by atoms with van der Waals surface area (Å²) in [6, 6.07) is 20.6. The van der Waals surface area contributed by atoms with Crippen LogP contribution in [0, 0.1) is 11.6 Å². The molecule has 178 valence electrons. The maximum atomic E-state index is 14.6. The molecule has 4 nitrogen and oxygen atoms in total. The summed E-state index contributed by atoms with van der Waals surface area (Å²) in [4.78, 5) is 12.9. The summed E-state index contributed by atoms with van der Waals surface area (Å²) >= 11 is 6.13. The monoisotopic (exact) mass is 501 g/mol. The molecule has 1 N–H and O–H groups in total. The van der Waals surface area contributed by atoms with Crippen molar-refractivity contribution in [3.63, 3.8) is 0 Å². The Balaban J connectivity index is 1.33. The number of carbonyl (C=O) groups excluding carboxylic acids is 1. The van der Waals surface area contributed by atoms with Crippen molar-refractivity contribution in [2.75, 3.05) is 7.11 Å². The predicted octanol–water partition coefficient (Wildman–Crippen LogP) is 7.71. The van der Waals surface area contributed by atoms with E-state index in [1.165, 1.54) is 31.4 Å². The molecule has 2 bridgehead atoms. The van der Waals surface area contributed by atoms with Crippen LogP contribution in [0.5, 0.6) is 5.75 Å². The highest BCUT2D eigenvalue weighted by Crippen LogP contribution is 2.42. The van der Waals surface area contributed by atoms with Crippen molar-refractivity contribution in [2.24, 2.45) is 0 Å². The Morgan fingerprint density at radius 3 is 2.36 bits per heavy atom. The maximum absolute atomic E-state index is 14.6. The first-order chi connectivity index (χ1) is 17.4. The van der Waals surface area contributed by atoms with E-state index in [1.807, 2.05) is 30.3 Å². The fourth-order valence-corrected chi connectivity index (χ4v) is 4.84. The van der Waals surface area contributed by atoms with Gasteiger partial charge in [0, 0.05) is 44.2 Å². The first kappa shape index (κ1) is 22.3. The number of amides is 1. The lowest BCUT2D eigenvalue weighted by molar-refractivity contribution is 0.0950. The number of methoxy groups -OCH3 is 1. The Bertz CT molecular complexity index is 1790. The third kappa shape index (κ3) is 3.53. The van der Waals surface area contributed by atoms with Gasteiger partial charge in [-0.25, -0.2) is 8.78 Å². The van der Waals surface area contributed by atoms with E-state index < -0.39 is 5.82 Å². The number of benzene rings is 5. The summed E-state index contributed by atoms with van der Waals surface area (Å²) in [6.45, 7) is -0.0894. The Labute approximate surface area is 209 Å². The summed E-state index contributed by atoms with van der Waals surface area (Å²) in [6.07, 6.45) is 0. The highest BCUT2D eigenvalue weighted by molar-refractivity contribution is 6.31. The molecule has 6 rings (SSSR count). The van der Waals surface area contributed by atoms with E-state index in [2.05, 4.69) is 5.32 Å². The molecule has 2 heterocycles. The summed E-state index contributed by atoms with van der Waals surface area (Å²) in [5, 5.41) is 6.47. The average molecular weight is 502 g/mol. The maximum Gasteiger partial charge on any atom is 0.251 e. The molecule has 0 radical (unpaired) electrons. The van der Waals surface area contributed by atoms with E-state index in [-0.39, 0.29) is 34.6 Å². The second kappa shape index (κ2) is 8.50. The number of carbonyl (C=O) groups is 1. The molecule has 0 aliphatic rings. The summed E-state index contributed by atoms with van der Waals surface area (Å²) < 4.78 is 39.4. The number of hydrogen-bond donors (Lipinski definition) is 1. The highest BCUT2D eigenvalue weighted by Gasteiger charge is 2.20. The van der Waals surface area contributed by atoms with Crippen molar-refractivity contribution in [3.05, 3.63) is 101 Å². The zero-order valence-electron chi connectivity index (χ0n) is 19.0. The third-order valence-corrected chi connectivity index (χ3v) is 6.79. The normalized spacial score (nSPS) is 11.6. The number of rotatable bonds is 5. The quantitative estimate of drug-likeness (QED) is 0.246. The molecule has 0 aliphatic heterocycles.